The number of benzene rings is 2. The second-order valence-electron chi connectivity index (χ2n) is 5.11. The van der Waals surface area contributed by atoms with Gasteiger partial charge < -0.3 is 0 Å². The van der Waals surface area contributed by atoms with Crippen LogP contribution < -0.4 is 5.43 Å². The van der Waals surface area contributed by atoms with E-state index in [4.69, 9.17) is 0 Å². The van der Waals surface area contributed by atoms with E-state index >= 15 is 0 Å². The Bertz CT molecular complexity index is 657. The normalized spacial score (nSPS) is 10.8. The molecule has 2 aromatic rings. The van der Waals surface area contributed by atoms with Crippen LogP contribution in [0.2, 0.25) is 0 Å². The lowest BCUT2D eigenvalue weighted by molar-refractivity contribution is 0.0955. The smallest absolute Gasteiger partial charge is 0.267 e. The quantitative estimate of drug-likeness (QED) is 0.674. The summed E-state index contributed by atoms with van der Waals surface area (Å²) < 4.78 is 0. The fraction of sp³-hybridized carbons (Fsp3) is 0.222. The minimum absolute atomic E-state index is 0.196. The second kappa shape index (κ2) is 6.84. The Morgan fingerprint density at radius 1 is 1.14 bits per heavy atom. The highest BCUT2D eigenvalue weighted by atomic mass is 16.2. The first-order valence-corrected chi connectivity index (χ1v) is 7.09. The predicted octanol–water partition coefficient (Wildman–Crippen LogP) is 3.63. The number of hydrogen-bond acceptors (Lipinski definition) is 2. The van der Waals surface area contributed by atoms with Gasteiger partial charge in [-0.05, 0) is 49.1 Å². The molecule has 2 aromatic carbocycles. The lowest BCUT2D eigenvalue weighted by atomic mass is 10.1. The number of carbonyl (C=O) groups is 1. The van der Waals surface area contributed by atoms with Crippen molar-refractivity contribution in [3.63, 3.8) is 0 Å². The van der Waals surface area contributed by atoms with Crippen molar-refractivity contribution in [3.8, 4) is 0 Å². The zero-order chi connectivity index (χ0) is 15.2. The van der Waals surface area contributed by atoms with E-state index in [1.807, 2.05) is 43.3 Å². The molecule has 0 saturated heterocycles. The fourth-order valence-electron chi connectivity index (χ4n) is 2.09. The molecule has 0 aromatic heterocycles. The van der Waals surface area contributed by atoms with Gasteiger partial charge in [-0.3, -0.25) is 4.79 Å². The van der Waals surface area contributed by atoms with Crippen LogP contribution >= 0.6 is 0 Å². The maximum absolute atomic E-state index is 11.9. The van der Waals surface area contributed by atoms with E-state index in [1.165, 1.54) is 11.1 Å². The highest BCUT2D eigenvalue weighted by molar-refractivity contribution is 5.95. The molecule has 108 valence electrons. The van der Waals surface area contributed by atoms with Crippen LogP contribution in [0.15, 0.2) is 47.6 Å². The molecule has 0 bridgehead atoms. The van der Waals surface area contributed by atoms with Crippen LogP contribution in [0.25, 0.3) is 0 Å². The average Bonchev–Trinajstić information content (AvgIpc) is 2.49. The third-order valence-corrected chi connectivity index (χ3v) is 3.42. The molecule has 21 heavy (non-hydrogen) atoms. The lowest BCUT2D eigenvalue weighted by Gasteiger charge is -2.03. The van der Waals surface area contributed by atoms with Crippen molar-refractivity contribution in [1.82, 2.24) is 5.43 Å². The zero-order valence-electron chi connectivity index (χ0n) is 12.7. The van der Waals surface area contributed by atoms with Gasteiger partial charge in [-0.2, -0.15) is 5.10 Å². The summed E-state index contributed by atoms with van der Waals surface area (Å²) in [7, 11) is 0. The Morgan fingerprint density at radius 2 is 1.86 bits per heavy atom. The van der Waals surface area contributed by atoms with Crippen molar-refractivity contribution in [1.29, 1.82) is 0 Å². The first-order valence-electron chi connectivity index (χ1n) is 7.09. The number of aryl methyl sites for hydroxylation is 3. The number of nitrogens with one attached hydrogen (secondary N) is 1. The molecule has 0 spiro atoms. The summed E-state index contributed by atoms with van der Waals surface area (Å²) in [4.78, 5) is 11.9. The van der Waals surface area contributed by atoms with E-state index in [0.717, 1.165) is 17.5 Å². The summed E-state index contributed by atoms with van der Waals surface area (Å²) >= 11 is 0. The topological polar surface area (TPSA) is 41.5 Å². The SMILES string of the molecule is CCc1ccc(C(=O)N/N=C\c2ccc(C)cc2C)cc1. The van der Waals surface area contributed by atoms with Gasteiger partial charge in [-0.1, -0.05) is 42.8 Å². The van der Waals surface area contributed by atoms with E-state index in [2.05, 4.69) is 30.4 Å². The van der Waals surface area contributed by atoms with Crippen LogP contribution in [0.1, 0.15) is 39.5 Å². The number of carbonyl (C=O) groups excluding carboxylic acids is 1. The van der Waals surface area contributed by atoms with Gasteiger partial charge in [0.2, 0.25) is 0 Å². The number of hydrogen-bond donors (Lipinski definition) is 1. The van der Waals surface area contributed by atoms with Crippen LogP contribution in [-0.2, 0) is 6.42 Å². The summed E-state index contributed by atoms with van der Waals surface area (Å²) in [5, 5.41) is 4.03. The van der Waals surface area contributed by atoms with Crippen LogP contribution in [0.5, 0.6) is 0 Å². The molecule has 0 unspecified atom stereocenters. The minimum Gasteiger partial charge on any atom is -0.267 e. The van der Waals surface area contributed by atoms with Crippen molar-refractivity contribution < 1.29 is 4.79 Å². The Hall–Kier alpha value is -2.42. The van der Waals surface area contributed by atoms with E-state index in [1.54, 1.807) is 6.21 Å². The van der Waals surface area contributed by atoms with Crippen molar-refractivity contribution in [3.05, 3.63) is 70.3 Å². The van der Waals surface area contributed by atoms with Crippen LogP contribution in [0.3, 0.4) is 0 Å². The van der Waals surface area contributed by atoms with Gasteiger partial charge >= 0.3 is 0 Å². The molecule has 3 nitrogen and oxygen atoms in total. The standard InChI is InChI=1S/C18H20N2O/c1-4-15-6-9-16(10-7-15)18(21)20-19-12-17-8-5-13(2)11-14(17)3/h5-12H,4H2,1-3H3,(H,20,21)/b19-12-. The third kappa shape index (κ3) is 4.02. The van der Waals surface area contributed by atoms with Crippen molar-refractivity contribution in [2.24, 2.45) is 5.10 Å². The first-order chi connectivity index (χ1) is 10.1. The molecule has 0 atom stereocenters. The fourth-order valence-corrected chi connectivity index (χ4v) is 2.09. The van der Waals surface area contributed by atoms with E-state index < -0.39 is 0 Å². The summed E-state index contributed by atoms with van der Waals surface area (Å²) in [6.07, 6.45) is 2.64. The largest absolute Gasteiger partial charge is 0.271 e. The van der Waals surface area contributed by atoms with Gasteiger partial charge in [-0.15, -0.1) is 0 Å². The molecule has 0 aliphatic heterocycles. The van der Waals surface area contributed by atoms with Gasteiger partial charge in [0.05, 0.1) is 6.21 Å². The zero-order valence-corrected chi connectivity index (χ0v) is 12.7. The molecule has 0 saturated carbocycles. The molecule has 0 radical (unpaired) electrons. The van der Waals surface area contributed by atoms with Gasteiger partial charge in [0.25, 0.3) is 5.91 Å². The summed E-state index contributed by atoms with van der Waals surface area (Å²) in [6.45, 7) is 6.17. The predicted molar refractivity (Wildman–Crippen MR) is 86.8 cm³/mol. The Morgan fingerprint density at radius 3 is 2.48 bits per heavy atom. The summed E-state index contributed by atoms with van der Waals surface area (Å²) in [6, 6.07) is 13.7. The molecular weight excluding hydrogens is 260 g/mol. The first kappa shape index (κ1) is 15.0. The monoisotopic (exact) mass is 280 g/mol. The average molecular weight is 280 g/mol. The highest BCUT2D eigenvalue weighted by Crippen LogP contribution is 2.08. The number of rotatable bonds is 4. The van der Waals surface area contributed by atoms with Gasteiger partial charge in [0, 0.05) is 5.56 Å². The van der Waals surface area contributed by atoms with Gasteiger partial charge in [-0.25, -0.2) is 5.43 Å². The van der Waals surface area contributed by atoms with E-state index in [0.29, 0.717) is 5.56 Å². The Kier molecular flexibility index (Phi) is 4.88. The molecule has 0 fully saturated rings. The molecule has 2 rings (SSSR count). The van der Waals surface area contributed by atoms with Gasteiger partial charge in [0.15, 0.2) is 0 Å². The summed E-state index contributed by atoms with van der Waals surface area (Å²) in [5.74, 6) is -0.196. The van der Waals surface area contributed by atoms with Crippen LogP contribution in [0, 0.1) is 13.8 Å². The molecule has 3 heteroatoms. The van der Waals surface area contributed by atoms with E-state index in [9.17, 15) is 4.79 Å². The number of hydrazone groups is 1. The van der Waals surface area contributed by atoms with Gasteiger partial charge in [0.1, 0.15) is 0 Å². The van der Waals surface area contributed by atoms with Crippen molar-refractivity contribution in [2.75, 3.05) is 0 Å². The highest BCUT2D eigenvalue weighted by Gasteiger charge is 2.03. The van der Waals surface area contributed by atoms with E-state index in [-0.39, 0.29) is 5.91 Å². The summed E-state index contributed by atoms with van der Waals surface area (Å²) in [5.41, 5.74) is 7.74. The maximum atomic E-state index is 11.9. The molecular formula is C18H20N2O. The molecule has 0 heterocycles. The van der Waals surface area contributed by atoms with Crippen molar-refractivity contribution in [2.45, 2.75) is 27.2 Å². The molecule has 0 aliphatic carbocycles. The number of amides is 1. The molecule has 1 amide bonds. The Balaban J connectivity index is 2.01. The number of nitrogens with zero attached hydrogens (tertiary/aromatic N) is 1. The van der Waals surface area contributed by atoms with Crippen molar-refractivity contribution >= 4 is 12.1 Å². The Labute approximate surface area is 125 Å². The molecule has 0 aliphatic rings. The van der Waals surface area contributed by atoms with Crippen LogP contribution in [-0.4, -0.2) is 12.1 Å². The third-order valence-electron chi connectivity index (χ3n) is 3.42. The van der Waals surface area contributed by atoms with Crippen LogP contribution in [0.4, 0.5) is 0 Å². The molecule has 1 N–H and O–H groups in total. The minimum atomic E-state index is -0.196. The maximum Gasteiger partial charge on any atom is 0.271 e. The lowest BCUT2D eigenvalue weighted by Crippen LogP contribution is -2.17. The second-order valence-corrected chi connectivity index (χ2v) is 5.11.